The number of fused-ring (bicyclic) bond motifs is 1. The minimum Gasteiger partial charge on any atom is -0.292 e. The third-order valence-electron chi connectivity index (χ3n) is 4.92. The average Bonchev–Trinajstić information content (AvgIpc) is 3.41. The Morgan fingerprint density at radius 1 is 1.00 bits per heavy atom. The third-order valence-corrected chi connectivity index (χ3v) is 4.92. The molecule has 30 heavy (non-hydrogen) atoms. The number of aromatic nitrogens is 6. The van der Waals surface area contributed by atoms with Gasteiger partial charge in [-0.25, -0.2) is 0 Å². The van der Waals surface area contributed by atoms with Crippen molar-refractivity contribution in [1.82, 2.24) is 29.9 Å². The number of ketones is 1. The molecule has 7 heteroatoms. The first-order chi connectivity index (χ1) is 14.8. The number of hydrogen-bond donors (Lipinski definition) is 1. The number of rotatable bonds is 6. The van der Waals surface area contributed by atoms with E-state index in [1.807, 2.05) is 47.3 Å². The van der Waals surface area contributed by atoms with Crippen LogP contribution in [0.1, 0.15) is 21.6 Å². The fourth-order valence-electron chi connectivity index (χ4n) is 3.46. The molecular formula is C23H18N6O. The Hall–Kier alpha value is -4.13. The molecule has 0 atom stereocenters. The molecule has 0 saturated heterocycles. The van der Waals surface area contributed by atoms with E-state index in [9.17, 15) is 4.79 Å². The second-order valence-electron chi connectivity index (χ2n) is 7.05. The summed E-state index contributed by atoms with van der Waals surface area (Å²) in [4.78, 5) is 21.3. The Labute approximate surface area is 172 Å². The molecule has 2 aromatic carbocycles. The van der Waals surface area contributed by atoms with Gasteiger partial charge in [-0.3, -0.25) is 24.5 Å². The molecule has 0 bridgehead atoms. The topological polar surface area (TPSA) is 89.4 Å². The maximum Gasteiger partial charge on any atom is 0.188 e. The normalized spacial score (nSPS) is 11.1. The molecule has 3 aromatic heterocycles. The van der Waals surface area contributed by atoms with E-state index in [2.05, 4.69) is 37.4 Å². The predicted octanol–water partition coefficient (Wildman–Crippen LogP) is 3.69. The van der Waals surface area contributed by atoms with E-state index in [1.165, 1.54) is 0 Å². The molecule has 7 nitrogen and oxygen atoms in total. The number of aromatic amines is 1. The SMILES string of the molecule is O=C(Cc1cnn(Cc2ccccc2)c1)c1n[nH]c2cc(-c3cnccn3)ccc12. The Morgan fingerprint density at radius 3 is 2.73 bits per heavy atom. The van der Waals surface area contributed by atoms with Crippen LogP contribution in [0.2, 0.25) is 0 Å². The number of benzene rings is 2. The minimum absolute atomic E-state index is 0.0484. The van der Waals surface area contributed by atoms with Crippen LogP contribution >= 0.6 is 0 Å². The van der Waals surface area contributed by atoms with Crippen LogP contribution < -0.4 is 0 Å². The number of carbonyl (C=O) groups is 1. The van der Waals surface area contributed by atoms with Crippen molar-refractivity contribution >= 4 is 16.7 Å². The number of carbonyl (C=O) groups excluding carboxylic acids is 1. The second kappa shape index (κ2) is 7.71. The smallest absolute Gasteiger partial charge is 0.188 e. The van der Waals surface area contributed by atoms with Crippen LogP contribution in [0.15, 0.2) is 79.5 Å². The fraction of sp³-hybridized carbons (Fsp3) is 0.0870. The largest absolute Gasteiger partial charge is 0.292 e. The van der Waals surface area contributed by atoms with Crippen LogP contribution in [0.3, 0.4) is 0 Å². The Balaban J connectivity index is 1.34. The van der Waals surface area contributed by atoms with Gasteiger partial charge in [0.15, 0.2) is 5.78 Å². The van der Waals surface area contributed by atoms with Gasteiger partial charge < -0.3 is 0 Å². The van der Waals surface area contributed by atoms with Crippen molar-refractivity contribution in [3.63, 3.8) is 0 Å². The lowest BCUT2D eigenvalue weighted by Gasteiger charge is -2.01. The van der Waals surface area contributed by atoms with Gasteiger partial charge in [0.1, 0.15) is 5.69 Å². The summed E-state index contributed by atoms with van der Waals surface area (Å²) in [5.41, 5.74) is 4.94. The number of Topliss-reactive ketones (excluding diaryl/α,β-unsaturated/α-hetero) is 1. The van der Waals surface area contributed by atoms with Crippen molar-refractivity contribution in [3.8, 4) is 11.3 Å². The molecular weight excluding hydrogens is 376 g/mol. The second-order valence-corrected chi connectivity index (χ2v) is 7.05. The molecule has 0 saturated carbocycles. The van der Waals surface area contributed by atoms with Crippen molar-refractivity contribution < 1.29 is 4.79 Å². The molecule has 0 aliphatic rings. The van der Waals surface area contributed by atoms with Crippen molar-refractivity contribution in [2.24, 2.45) is 0 Å². The highest BCUT2D eigenvalue weighted by atomic mass is 16.1. The van der Waals surface area contributed by atoms with E-state index in [4.69, 9.17) is 0 Å². The average molecular weight is 394 g/mol. The van der Waals surface area contributed by atoms with E-state index in [1.54, 1.807) is 24.8 Å². The van der Waals surface area contributed by atoms with Gasteiger partial charge in [-0.05, 0) is 23.3 Å². The number of nitrogens with zero attached hydrogens (tertiary/aromatic N) is 5. The maximum absolute atomic E-state index is 12.9. The first-order valence-electron chi connectivity index (χ1n) is 9.59. The maximum atomic E-state index is 12.9. The molecule has 3 heterocycles. The zero-order chi connectivity index (χ0) is 20.3. The van der Waals surface area contributed by atoms with Crippen LogP contribution in [-0.4, -0.2) is 35.7 Å². The summed E-state index contributed by atoms with van der Waals surface area (Å²) >= 11 is 0. The van der Waals surface area contributed by atoms with Gasteiger partial charge in [-0.1, -0.05) is 36.4 Å². The monoisotopic (exact) mass is 394 g/mol. The minimum atomic E-state index is -0.0484. The molecule has 0 fully saturated rings. The van der Waals surface area contributed by atoms with Gasteiger partial charge >= 0.3 is 0 Å². The summed E-state index contributed by atoms with van der Waals surface area (Å²) in [6.07, 6.45) is 8.89. The van der Waals surface area contributed by atoms with Crippen LogP contribution in [-0.2, 0) is 13.0 Å². The highest BCUT2D eigenvalue weighted by molar-refractivity contribution is 6.07. The van der Waals surface area contributed by atoms with E-state index in [0.717, 1.165) is 33.3 Å². The lowest BCUT2D eigenvalue weighted by atomic mass is 10.0. The van der Waals surface area contributed by atoms with Crippen molar-refractivity contribution in [2.75, 3.05) is 0 Å². The number of nitrogens with one attached hydrogen (secondary N) is 1. The molecule has 0 aliphatic heterocycles. The Morgan fingerprint density at radius 2 is 1.90 bits per heavy atom. The van der Waals surface area contributed by atoms with Gasteiger partial charge in [0.2, 0.25) is 0 Å². The van der Waals surface area contributed by atoms with Gasteiger partial charge in [-0.15, -0.1) is 0 Å². The van der Waals surface area contributed by atoms with E-state index >= 15 is 0 Å². The van der Waals surface area contributed by atoms with Crippen LogP contribution in [0, 0.1) is 0 Å². The summed E-state index contributed by atoms with van der Waals surface area (Å²) in [5.74, 6) is -0.0484. The molecule has 0 spiro atoms. The number of H-pyrrole nitrogens is 1. The van der Waals surface area contributed by atoms with E-state index < -0.39 is 0 Å². The van der Waals surface area contributed by atoms with Crippen LogP contribution in [0.5, 0.6) is 0 Å². The quantitative estimate of drug-likeness (QED) is 0.444. The molecule has 0 amide bonds. The fourth-order valence-corrected chi connectivity index (χ4v) is 3.46. The van der Waals surface area contributed by atoms with Crippen molar-refractivity contribution in [1.29, 1.82) is 0 Å². The zero-order valence-electron chi connectivity index (χ0n) is 16.1. The van der Waals surface area contributed by atoms with Gasteiger partial charge in [0.25, 0.3) is 0 Å². The number of hydrogen-bond acceptors (Lipinski definition) is 5. The predicted molar refractivity (Wildman–Crippen MR) is 113 cm³/mol. The summed E-state index contributed by atoms with van der Waals surface area (Å²) < 4.78 is 1.84. The Kier molecular flexibility index (Phi) is 4.61. The Bertz CT molecular complexity index is 1310. The first-order valence-corrected chi connectivity index (χ1v) is 9.59. The molecule has 5 rings (SSSR count). The highest BCUT2D eigenvalue weighted by Crippen LogP contribution is 2.24. The van der Waals surface area contributed by atoms with E-state index in [-0.39, 0.29) is 12.2 Å². The van der Waals surface area contributed by atoms with Crippen molar-refractivity contribution in [3.05, 3.63) is 96.3 Å². The van der Waals surface area contributed by atoms with Crippen LogP contribution in [0.25, 0.3) is 22.2 Å². The first kappa shape index (κ1) is 17.9. The molecule has 146 valence electrons. The lowest BCUT2D eigenvalue weighted by molar-refractivity contribution is 0.0989. The molecule has 0 radical (unpaired) electrons. The lowest BCUT2D eigenvalue weighted by Crippen LogP contribution is -2.04. The van der Waals surface area contributed by atoms with E-state index in [0.29, 0.717) is 12.2 Å². The summed E-state index contributed by atoms with van der Waals surface area (Å²) in [5, 5.41) is 12.4. The zero-order valence-corrected chi connectivity index (χ0v) is 16.1. The summed E-state index contributed by atoms with van der Waals surface area (Å²) in [7, 11) is 0. The van der Waals surface area contributed by atoms with Gasteiger partial charge in [0.05, 0.1) is 30.1 Å². The van der Waals surface area contributed by atoms with Crippen molar-refractivity contribution in [2.45, 2.75) is 13.0 Å². The highest BCUT2D eigenvalue weighted by Gasteiger charge is 2.16. The molecule has 1 N–H and O–H groups in total. The standard InChI is InChI=1S/C23H18N6O/c30-22(10-17-12-26-29(15-17)14-16-4-2-1-3-5-16)23-19-7-6-18(11-20(19)27-28-23)21-13-24-8-9-25-21/h1-9,11-13,15H,10,14H2,(H,27,28). The third kappa shape index (κ3) is 3.60. The molecule has 5 aromatic rings. The molecule has 0 aliphatic carbocycles. The molecule has 0 unspecified atom stereocenters. The van der Waals surface area contributed by atoms with Crippen LogP contribution in [0.4, 0.5) is 0 Å². The van der Waals surface area contributed by atoms with Gasteiger partial charge in [0, 0.05) is 36.0 Å². The van der Waals surface area contributed by atoms with Gasteiger partial charge in [-0.2, -0.15) is 10.2 Å². The summed E-state index contributed by atoms with van der Waals surface area (Å²) in [6.45, 7) is 0.672. The summed E-state index contributed by atoms with van der Waals surface area (Å²) in [6, 6.07) is 15.9.